The first-order valence-electron chi connectivity index (χ1n) is 5.16. The van der Waals surface area contributed by atoms with Gasteiger partial charge in [-0.15, -0.1) is 0 Å². The smallest absolute Gasteiger partial charge is 0.335 e. The van der Waals surface area contributed by atoms with Crippen molar-refractivity contribution in [1.82, 2.24) is 0 Å². The van der Waals surface area contributed by atoms with Crippen molar-refractivity contribution in [1.29, 1.82) is 0 Å². The maximum atomic E-state index is 11.8. The van der Waals surface area contributed by atoms with E-state index in [0.29, 0.717) is 0 Å². The zero-order valence-corrected chi connectivity index (χ0v) is 9.78. The minimum atomic E-state index is -0.968. The van der Waals surface area contributed by atoms with Crippen LogP contribution in [0, 0.1) is 5.41 Å². The van der Waals surface area contributed by atoms with E-state index in [1.807, 2.05) is 20.8 Å². The van der Waals surface area contributed by atoms with E-state index in [-0.39, 0.29) is 23.2 Å². The van der Waals surface area contributed by atoms with E-state index in [4.69, 9.17) is 5.11 Å². The molecule has 3 heteroatoms. The summed E-state index contributed by atoms with van der Waals surface area (Å²) in [6.07, 6.45) is 0.282. The zero-order chi connectivity index (χ0) is 12.3. The first kappa shape index (κ1) is 12.4. The summed E-state index contributed by atoms with van der Waals surface area (Å²) in [7, 11) is 0. The molecular formula is C13H16O3. The molecule has 0 aromatic heterocycles. The molecule has 1 aromatic rings. The third-order valence-electron chi connectivity index (χ3n) is 2.38. The van der Waals surface area contributed by atoms with Crippen LogP contribution in [0.5, 0.6) is 0 Å². The van der Waals surface area contributed by atoms with Gasteiger partial charge in [0.25, 0.3) is 0 Å². The van der Waals surface area contributed by atoms with Crippen molar-refractivity contribution in [3.05, 3.63) is 35.4 Å². The highest BCUT2D eigenvalue weighted by atomic mass is 16.4. The Labute approximate surface area is 95.1 Å². The summed E-state index contributed by atoms with van der Waals surface area (Å²) >= 11 is 0. The van der Waals surface area contributed by atoms with E-state index in [9.17, 15) is 9.59 Å². The Morgan fingerprint density at radius 1 is 1.25 bits per heavy atom. The fourth-order valence-electron chi connectivity index (χ4n) is 1.26. The average molecular weight is 220 g/mol. The minimum absolute atomic E-state index is 0.107. The largest absolute Gasteiger partial charge is 0.478 e. The highest BCUT2D eigenvalue weighted by molar-refractivity contribution is 5.89. The highest BCUT2D eigenvalue weighted by Gasteiger charge is 2.21. The fraction of sp³-hybridized carbons (Fsp3) is 0.385. The van der Waals surface area contributed by atoms with Gasteiger partial charge in [-0.1, -0.05) is 32.9 Å². The van der Waals surface area contributed by atoms with Gasteiger partial charge in [0.1, 0.15) is 5.78 Å². The van der Waals surface area contributed by atoms with Crippen LogP contribution in [0.4, 0.5) is 0 Å². The quantitative estimate of drug-likeness (QED) is 0.851. The highest BCUT2D eigenvalue weighted by Crippen LogP contribution is 2.18. The molecule has 0 amide bonds. The fourth-order valence-corrected chi connectivity index (χ4v) is 1.26. The lowest BCUT2D eigenvalue weighted by molar-refractivity contribution is -0.125. The zero-order valence-electron chi connectivity index (χ0n) is 9.78. The number of carbonyl (C=O) groups excluding carboxylic acids is 1. The Balaban J connectivity index is 2.87. The van der Waals surface area contributed by atoms with Gasteiger partial charge in [0.15, 0.2) is 0 Å². The number of carboxylic acids is 1. The van der Waals surface area contributed by atoms with Crippen molar-refractivity contribution in [2.75, 3.05) is 0 Å². The van der Waals surface area contributed by atoms with Crippen LogP contribution in [-0.2, 0) is 11.2 Å². The lowest BCUT2D eigenvalue weighted by Gasteiger charge is -2.16. The third kappa shape index (κ3) is 3.19. The van der Waals surface area contributed by atoms with Crippen molar-refractivity contribution in [3.8, 4) is 0 Å². The molecule has 0 saturated heterocycles. The Morgan fingerprint density at radius 3 is 2.38 bits per heavy atom. The molecular weight excluding hydrogens is 204 g/mol. The molecule has 0 heterocycles. The van der Waals surface area contributed by atoms with E-state index in [2.05, 4.69) is 0 Å². The number of rotatable bonds is 3. The van der Waals surface area contributed by atoms with Crippen LogP contribution in [-0.4, -0.2) is 16.9 Å². The van der Waals surface area contributed by atoms with Gasteiger partial charge in [-0.3, -0.25) is 4.79 Å². The molecule has 16 heavy (non-hydrogen) atoms. The Morgan fingerprint density at radius 2 is 1.88 bits per heavy atom. The van der Waals surface area contributed by atoms with E-state index >= 15 is 0 Å². The summed E-state index contributed by atoms with van der Waals surface area (Å²) in [5.41, 5.74) is 0.582. The van der Waals surface area contributed by atoms with Crippen molar-refractivity contribution in [2.24, 2.45) is 5.41 Å². The van der Waals surface area contributed by atoms with Crippen molar-refractivity contribution in [2.45, 2.75) is 27.2 Å². The van der Waals surface area contributed by atoms with Crippen LogP contribution in [0.25, 0.3) is 0 Å². The van der Waals surface area contributed by atoms with Crippen molar-refractivity contribution < 1.29 is 14.7 Å². The average Bonchev–Trinajstić information content (AvgIpc) is 2.16. The first-order chi connectivity index (χ1) is 7.30. The van der Waals surface area contributed by atoms with Crippen LogP contribution in [0.3, 0.4) is 0 Å². The molecule has 1 N–H and O–H groups in total. The van der Waals surface area contributed by atoms with Crippen LogP contribution < -0.4 is 0 Å². The molecule has 0 bridgehead atoms. The molecule has 0 aliphatic heterocycles. The molecule has 0 radical (unpaired) electrons. The van der Waals surface area contributed by atoms with Crippen molar-refractivity contribution in [3.63, 3.8) is 0 Å². The first-order valence-corrected chi connectivity index (χ1v) is 5.16. The van der Waals surface area contributed by atoms with Gasteiger partial charge < -0.3 is 5.11 Å². The Hall–Kier alpha value is -1.64. The molecule has 0 unspecified atom stereocenters. The van der Waals surface area contributed by atoms with Gasteiger partial charge in [-0.25, -0.2) is 4.79 Å². The van der Waals surface area contributed by atoms with E-state index < -0.39 is 5.97 Å². The molecule has 0 spiro atoms. The number of carboxylic acid groups (broad SMARTS) is 1. The molecule has 86 valence electrons. The van der Waals surface area contributed by atoms with Crippen molar-refractivity contribution >= 4 is 11.8 Å². The Bertz CT molecular complexity index is 413. The predicted octanol–water partition coefficient (Wildman–Crippen LogP) is 2.54. The number of aromatic carboxylic acids is 1. The number of hydrogen-bond acceptors (Lipinski definition) is 2. The summed E-state index contributed by atoms with van der Waals surface area (Å²) < 4.78 is 0. The standard InChI is InChI=1S/C13H16O3/c1-13(2,3)11(14)8-9-5-4-6-10(7-9)12(15)16/h4-7H,8H2,1-3H3,(H,15,16). The molecule has 0 saturated carbocycles. The number of benzene rings is 1. The van der Waals surface area contributed by atoms with Gasteiger partial charge in [0, 0.05) is 11.8 Å². The van der Waals surface area contributed by atoms with Crippen LogP contribution in [0.15, 0.2) is 24.3 Å². The lowest BCUT2D eigenvalue weighted by Crippen LogP contribution is -2.22. The number of Topliss-reactive ketones (excluding diaryl/α,β-unsaturated/α-hetero) is 1. The molecule has 0 atom stereocenters. The second-order valence-corrected chi connectivity index (χ2v) is 4.86. The van der Waals surface area contributed by atoms with Crippen LogP contribution >= 0.6 is 0 Å². The maximum absolute atomic E-state index is 11.8. The second-order valence-electron chi connectivity index (χ2n) is 4.86. The lowest BCUT2D eigenvalue weighted by atomic mass is 9.87. The van der Waals surface area contributed by atoms with Gasteiger partial charge >= 0.3 is 5.97 Å². The maximum Gasteiger partial charge on any atom is 0.335 e. The third-order valence-corrected chi connectivity index (χ3v) is 2.38. The Kier molecular flexibility index (Phi) is 3.48. The van der Waals surface area contributed by atoms with E-state index in [1.165, 1.54) is 6.07 Å². The summed E-state index contributed by atoms with van der Waals surface area (Å²) in [6.45, 7) is 5.57. The topological polar surface area (TPSA) is 54.4 Å². The minimum Gasteiger partial charge on any atom is -0.478 e. The van der Waals surface area contributed by atoms with E-state index in [0.717, 1.165) is 5.56 Å². The molecule has 0 fully saturated rings. The van der Waals surface area contributed by atoms with Crippen LogP contribution in [0.1, 0.15) is 36.7 Å². The van der Waals surface area contributed by atoms with Gasteiger partial charge in [-0.2, -0.15) is 0 Å². The monoisotopic (exact) mass is 220 g/mol. The SMILES string of the molecule is CC(C)(C)C(=O)Cc1cccc(C(=O)O)c1. The molecule has 0 aliphatic carbocycles. The second kappa shape index (κ2) is 4.47. The number of hydrogen-bond donors (Lipinski definition) is 1. The van der Waals surface area contributed by atoms with Gasteiger partial charge in [0.05, 0.1) is 5.56 Å². The summed E-state index contributed by atoms with van der Waals surface area (Å²) in [5, 5.41) is 8.82. The molecule has 3 nitrogen and oxygen atoms in total. The summed E-state index contributed by atoms with van der Waals surface area (Å²) in [5.74, 6) is -0.861. The summed E-state index contributed by atoms with van der Waals surface area (Å²) in [4.78, 5) is 22.5. The van der Waals surface area contributed by atoms with Gasteiger partial charge in [-0.05, 0) is 17.7 Å². The molecule has 0 aliphatic rings. The van der Waals surface area contributed by atoms with E-state index in [1.54, 1.807) is 18.2 Å². The van der Waals surface area contributed by atoms with Crippen LogP contribution in [0.2, 0.25) is 0 Å². The molecule has 1 aromatic carbocycles. The predicted molar refractivity (Wildman–Crippen MR) is 61.6 cm³/mol. The normalized spacial score (nSPS) is 11.2. The number of carbonyl (C=O) groups is 2. The summed E-state index contributed by atoms with van der Waals surface area (Å²) in [6, 6.07) is 6.50. The van der Waals surface area contributed by atoms with Gasteiger partial charge in [0.2, 0.25) is 0 Å². The molecule has 1 rings (SSSR count). The number of ketones is 1.